The van der Waals surface area contributed by atoms with E-state index in [4.69, 9.17) is 31.3 Å². The van der Waals surface area contributed by atoms with Crippen LogP contribution < -0.4 is 19.9 Å². The van der Waals surface area contributed by atoms with Gasteiger partial charge < -0.3 is 24.5 Å². The minimum atomic E-state index is -2.98. The van der Waals surface area contributed by atoms with Crippen LogP contribution in [0.4, 0.5) is 8.78 Å². The van der Waals surface area contributed by atoms with E-state index in [-0.39, 0.29) is 41.1 Å². The number of hydrogen-bond donors (Lipinski definition) is 1. The first-order valence-corrected chi connectivity index (χ1v) is 8.43. The second-order valence-corrected chi connectivity index (χ2v) is 5.99. The highest BCUT2D eigenvalue weighted by molar-refractivity contribution is 6.31. The predicted molar refractivity (Wildman–Crippen MR) is 97.2 cm³/mol. The smallest absolute Gasteiger partial charge is 0.387 e. The molecule has 2 N–H and O–H groups in total. The zero-order valence-electron chi connectivity index (χ0n) is 14.9. The molecule has 0 aliphatic rings. The Hall–Kier alpha value is -3.40. The molecule has 3 aromatic rings. The summed E-state index contributed by atoms with van der Waals surface area (Å²) in [6, 6.07) is 8.62. The minimum Gasteiger partial charge on any atom is -0.493 e. The number of amides is 1. The number of rotatable bonds is 8. The summed E-state index contributed by atoms with van der Waals surface area (Å²) < 4.78 is 44.9. The van der Waals surface area contributed by atoms with E-state index < -0.39 is 12.5 Å². The molecule has 0 spiro atoms. The molecule has 0 aliphatic heterocycles. The molecule has 0 atom stereocenters. The van der Waals surface area contributed by atoms with E-state index in [0.717, 1.165) is 0 Å². The van der Waals surface area contributed by atoms with Crippen molar-refractivity contribution in [2.45, 2.75) is 13.2 Å². The Morgan fingerprint density at radius 2 is 1.97 bits per heavy atom. The van der Waals surface area contributed by atoms with Gasteiger partial charge in [0, 0.05) is 10.6 Å². The standard InChI is InChI=1S/C18H14ClF2N3O5/c1-26-14-6-9(2-4-13(14)28-18(20)21)17-23-15(29-24-17)8-27-12-5-3-10(19)7-11(12)16(22)25/h2-7,18H,8H2,1H3,(H2,22,25). The number of methoxy groups -OCH3 is 1. The number of alkyl halides is 2. The maximum Gasteiger partial charge on any atom is 0.387 e. The van der Waals surface area contributed by atoms with Gasteiger partial charge in [0.15, 0.2) is 18.1 Å². The normalized spacial score (nSPS) is 10.8. The van der Waals surface area contributed by atoms with Gasteiger partial charge in [0.25, 0.3) is 11.8 Å². The third-order valence-corrected chi connectivity index (χ3v) is 3.90. The van der Waals surface area contributed by atoms with Gasteiger partial charge >= 0.3 is 6.61 Å². The summed E-state index contributed by atoms with van der Waals surface area (Å²) in [6.07, 6.45) is 0. The van der Waals surface area contributed by atoms with Gasteiger partial charge in [0.05, 0.1) is 12.7 Å². The van der Waals surface area contributed by atoms with Crippen LogP contribution in [0.5, 0.6) is 17.2 Å². The lowest BCUT2D eigenvalue weighted by atomic mass is 10.2. The third-order valence-electron chi connectivity index (χ3n) is 3.66. The first-order chi connectivity index (χ1) is 13.9. The zero-order chi connectivity index (χ0) is 21.0. The fourth-order valence-electron chi connectivity index (χ4n) is 2.39. The van der Waals surface area contributed by atoms with Gasteiger partial charge in [0.1, 0.15) is 5.75 Å². The Bertz CT molecular complexity index is 1030. The highest BCUT2D eigenvalue weighted by Crippen LogP contribution is 2.32. The molecule has 1 heterocycles. The van der Waals surface area contributed by atoms with Crippen molar-refractivity contribution in [3.63, 3.8) is 0 Å². The Morgan fingerprint density at radius 3 is 2.66 bits per heavy atom. The average molecular weight is 426 g/mol. The van der Waals surface area contributed by atoms with Gasteiger partial charge in [-0.25, -0.2) is 0 Å². The number of nitrogens with zero attached hydrogens (tertiary/aromatic N) is 2. The fraction of sp³-hybridized carbons (Fsp3) is 0.167. The third kappa shape index (κ3) is 4.91. The molecule has 152 valence electrons. The van der Waals surface area contributed by atoms with Crippen molar-refractivity contribution in [2.24, 2.45) is 5.73 Å². The molecular weight excluding hydrogens is 412 g/mol. The molecule has 0 aliphatic carbocycles. The SMILES string of the molecule is COc1cc(-c2noc(COc3ccc(Cl)cc3C(N)=O)n2)ccc1OC(F)F. The second kappa shape index (κ2) is 8.74. The van der Waals surface area contributed by atoms with Gasteiger partial charge in [-0.05, 0) is 36.4 Å². The van der Waals surface area contributed by atoms with E-state index in [0.29, 0.717) is 10.6 Å². The molecule has 1 amide bonds. The number of carbonyl (C=O) groups is 1. The van der Waals surface area contributed by atoms with E-state index >= 15 is 0 Å². The first-order valence-electron chi connectivity index (χ1n) is 8.05. The maximum absolute atomic E-state index is 12.4. The minimum absolute atomic E-state index is 0.0812. The maximum atomic E-state index is 12.4. The molecular formula is C18H14ClF2N3O5. The molecule has 11 heteroatoms. The number of benzene rings is 2. The molecule has 8 nitrogen and oxygen atoms in total. The monoisotopic (exact) mass is 425 g/mol. The van der Waals surface area contributed by atoms with Crippen LogP contribution in [0.1, 0.15) is 16.2 Å². The molecule has 0 unspecified atom stereocenters. The summed E-state index contributed by atoms with van der Waals surface area (Å²) in [7, 11) is 1.31. The molecule has 2 aromatic carbocycles. The summed E-state index contributed by atoms with van der Waals surface area (Å²) >= 11 is 5.85. The van der Waals surface area contributed by atoms with Crippen molar-refractivity contribution < 1.29 is 32.3 Å². The molecule has 0 saturated carbocycles. The zero-order valence-corrected chi connectivity index (χ0v) is 15.7. The second-order valence-electron chi connectivity index (χ2n) is 5.55. The van der Waals surface area contributed by atoms with Crippen LogP contribution in [-0.4, -0.2) is 29.8 Å². The van der Waals surface area contributed by atoms with Crippen LogP contribution in [-0.2, 0) is 6.61 Å². The molecule has 0 radical (unpaired) electrons. The van der Waals surface area contributed by atoms with Crippen molar-refractivity contribution in [3.8, 4) is 28.6 Å². The van der Waals surface area contributed by atoms with E-state index in [1.165, 1.54) is 43.5 Å². The van der Waals surface area contributed by atoms with E-state index in [9.17, 15) is 13.6 Å². The van der Waals surface area contributed by atoms with Crippen molar-refractivity contribution in [2.75, 3.05) is 7.11 Å². The number of hydrogen-bond acceptors (Lipinski definition) is 7. The van der Waals surface area contributed by atoms with E-state index in [1.807, 2.05) is 0 Å². The first kappa shape index (κ1) is 20.3. The largest absolute Gasteiger partial charge is 0.493 e. The summed E-state index contributed by atoms with van der Waals surface area (Å²) in [5, 5.41) is 4.15. The van der Waals surface area contributed by atoms with Crippen LogP contribution in [0, 0.1) is 0 Å². The van der Waals surface area contributed by atoms with Gasteiger partial charge in [-0.3, -0.25) is 4.79 Å². The molecule has 3 rings (SSSR count). The summed E-state index contributed by atoms with van der Waals surface area (Å²) in [5.41, 5.74) is 5.86. The number of halogens is 3. The molecule has 0 saturated heterocycles. The van der Waals surface area contributed by atoms with E-state index in [2.05, 4.69) is 14.9 Å². The number of nitrogens with two attached hydrogens (primary N) is 1. The van der Waals surface area contributed by atoms with E-state index in [1.54, 1.807) is 0 Å². The van der Waals surface area contributed by atoms with Crippen LogP contribution in [0.15, 0.2) is 40.9 Å². The van der Waals surface area contributed by atoms with Gasteiger partial charge in [-0.2, -0.15) is 13.8 Å². The Balaban J connectivity index is 1.76. The molecule has 0 fully saturated rings. The van der Waals surface area contributed by atoms with Gasteiger partial charge in [-0.15, -0.1) is 0 Å². The average Bonchev–Trinajstić information content (AvgIpc) is 3.15. The van der Waals surface area contributed by atoms with Crippen molar-refractivity contribution >= 4 is 17.5 Å². The lowest BCUT2D eigenvalue weighted by Crippen LogP contribution is -2.13. The highest BCUT2D eigenvalue weighted by Gasteiger charge is 2.16. The van der Waals surface area contributed by atoms with Crippen molar-refractivity contribution in [1.29, 1.82) is 0 Å². The molecule has 0 bridgehead atoms. The summed E-state index contributed by atoms with van der Waals surface area (Å²) in [4.78, 5) is 15.7. The van der Waals surface area contributed by atoms with Crippen LogP contribution in [0.2, 0.25) is 5.02 Å². The number of aromatic nitrogens is 2. The van der Waals surface area contributed by atoms with Gasteiger partial charge in [-0.1, -0.05) is 16.8 Å². The van der Waals surface area contributed by atoms with Crippen molar-refractivity contribution in [1.82, 2.24) is 10.1 Å². The Morgan fingerprint density at radius 1 is 1.21 bits per heavy atom. The fourth-order valence-corrected chi connectivity index (χ4v) is 2.56. The summed E-state index contributed by atoms with van der Waals surface area (Å²) in [6.45, 7) is -3.12. The quantitative estimate of drug-likeness (QED) is 0.586. The highest BCUT2D eigenvalue weighted by atomic mass is 35.5. The molecule has 1 aromatic heterocycles. The number of ether oxygens (including phenoxy) is 3. The Labute approximate surface area is 168 Å². The lowest BCUT2D eigenvalue weighted by molar-refractivity contribution is -0.0512. The van der Waals surface area contributed by atoms with Crippen LogP contribution in [0.25, 0.3) is 11.4 Å². The van der Waals surface area contributed by atoms with Crippen LogP contribution >= 0.6 is 11.6 Å². The summed E-state index contributed by atoms with van der Waals surface area (Å²) in [5.74, 6) is -0.254. The Kier molecular flexibility index (Phi) is 6.13. The molecule has 29 heavy (non-hydrogen) atoms. The number of primary amides is 1. The predicted octanol–water partition coefficient (Wildman–Crippen LogP) is 3.68. The topological polar surface area (TPSA) is 110 Å². The van der Waals surface area contributed by atoms with Crippen molar-refractivity contribution in [3.05, 3.63) is 52.9 Å². The lowest BCUT2D eigenvalue weighted by Gasteiger charge is -2.10. The van der Waals surface area contributed by atoms with Crippen LogP contribution in [0.3, 0.4) is 0 Å². The van der Waals surface area contributed by atoms with Gasteiger partial charge in [0.2, 0.25) is 5.82 Å². The number of carbonyl (C=O) groups excluding carboxylic acids is 1.